The SMILES string of the molecule is C=CC(=O)Nc1cccc(Oc2nc(Cl)nc3c2ccn3COC(=O)C(C)(C)C)c1.C=CC(=O)Nc1cccc(Oc2nc(Nc3ccc(N(C)[C@H]4CCN(S(C)(=O)=O)C4)cc3)nc3[nH]ccc23)c1.CCC(=O)Nc1cccc(Oc2nc(Nc3ccc(N(C)[C@H]4CCN(S(C)(=O)=O)C4)cc3)nc3c2ccn3COC(=O)C(C)(C)C)c1.CN(c1ccc(N)cc1)[C@H]1CCN(S(C)(=O)=O)C1.S.S. The fourth-order valence-electron chi connectivity index (χ4n) is 14.2. The second-order valence-electron chi connectivity index (χ2n) is 34.0. The predicted molar refractivity (Wildman–Crippen MR) is 542 cm³/mol. The highest BCUT2D eigenvalue weighted by molar-refractivity contribution is 7.88. The van der Waals surface area contributed by atoms with Crippen molar-refractivity contribution < 1.29 is 72.9 Å². The molecule has 6 aromatic heterocycles. The molecule has 3 atom stereocenters. The van der Waals surface area contributed by atoms with Crippen LogP contribution in [0.1, 0.15) is 74.1 Å². The zero-order valence-electron chi connectivity index (χ0n) is 77.6. The van der Waals surface area contributed by atoms with E-state index in [1.54, 1.807) is 161 Å². The molecule has 15 rings (SSSR count). The summed E-state index contributed by atoms with van der Waals surface area (Å²) in [5.74, 6) is 1.42. The van der Waals surface area contributed by atoms with Crippen LogP contribution in [0.25, 0.3) is 33.1 Å². The number of halogens is 1. The van der Waals surface area contributed by atoms with Crippen molar-refractivity contribution in [2.24, 2.45) is 10.8 Å². The van der Waals surface area contributed by atoms with E-state index in [1.165, 1.54) is 43.8 Å². The number of hydrogen-bond acceptors (Lipinski definition) is 28. The van der Waals surface area contributed by atoms with E-state index in [1.807, 2.05) is 100 Å². The summed E-state index contributed by atoms with van der Waals surface area (Å²) in [4.78, 5) is 96.0. The number of fused-ring (bicyclic) bond motifs is 3. The summed E-state index contributed by atoms with van der Waals surface area (Å²) in [5, 5.41) is 16.6. The van der Waals surface area contributed by atoms with Gasteiger partial charge in [-0.25, -0.2) is 38.2 Å². The Hall–Kier alpha value is -13.1. The number of H-pyrrole nitrogens is 1. The van der Waals surface area contributed by atoms with E-state index in [2.05, 4.69) is 84.3 Å². The number of nitrogens with zero attached hydrogens (tertiary/aromatic N) is 14. The van der Waals surface area contributed by atoms with Crippen LogP contribution in [0.15, 0.2) is 208 Å². The Morgan fingerprint density at radius 1 is 0.485 bits per heavy atom. The third kappa shape index (κ3) is 28.3. The number of nitrogen functional groups attached to an aromatic ring is 1. The zero-order valence-corrected chi connectivity index (χ0v) is 82.8. The van der Waals surface area contributed by atoms with E-state index in [4.69, 9.17) is 46.0 Å². The first-order valence-electron chi connectivity index (χ1n) is 42.7. The van der Waals surface area contributed by atoms with Gasteiger partial charge in [-0.3, -0.25) is 33.1 Å². The topological polar surface area (TPSA) is 443 Å². The van der Waals surface area contributed by atoms with Crippen LogP contribution in [0, 0.1) is 10.8 Å². The number of ether oxygens (including phenoxy) is 5. The van der Waals surface area contributed by atoms with Crippen molar-refractivity contribution in [2.45, 2.75) is 106 Å². The highest BCUT2D eigenvalue weighted by atomic mass is 35.5. The highest BCUT2D eigenvalue weighted by Crippen LogP contribution is 2.38. The number of anilines is 11. The lowest BCUT2D eigenvalue weighted by Gasteiger charge is -2.27. The Balaban J connectivity index is 0.000000195. The van der Waals surface area contributed by atoms with Crippen molar-refractivity contribution in [1.82, 2.24) is 56.9 Å². The minimum atomic E-state index is -3.22. The molecule has 136 heavy (non-hydrogen) atoms. The van der Waals surface area contributed by atoms with Crippen molar-refractivity contribution in [2.75, 3.05) is 126 Å². The first kappa shape index (κ1) is 105. The van der Waals surface area contributed by atoms with Crippen LogP contribution < -0.4 is 61.2 Å². The van der Waals surface area contributed by atoms with Crippen molar-refractivity contribution in [3.05, 3.63) is 213 Å². The molecule has 43 heteroatoms. The molecule has 3 fully saturated rings. The summed E-state index contributed by atoms with van der Waals surface area (Å²) in [7, 11) is -3.56. The third-order valence-electron chi connectivity index (χ3n) is 21.9. The van der Waals surface area contributed by atoms with Gasteiger partial charge in [-0.15, -0.1) is 0 Å². The van der Waals surface area contributed by atoms with Crippen LogP contribution in [0.4, 0.5) is 63.1 Å². The average Bonchev–Trinajstić information content (AvgIpc) is 1.63. The number of amides is 3. The number of likely N-dealkylation sites (N-methyl/N-ethyl adjacent to an activating group) is 3. The minimum absolute atomic E-state index is 0. The average molecular weight is 1980 g/mol. The van der Waals surface area contributed by atoms with Gasteiger partial charge in [-0.1, -0.05) is 38.3 Å². The van der Waals surface area contributed by atoms with Gasteiger partial charge in [0.1, 0.15) is 22.9 Å². The van der Waals surface area contributed by atoms with Crippen LogP contribution in [0.2, 0.25) is 5.28 Å². The number of carbonyl (C=O) groups is 5. The fourth-order valence-corrected chi connectivity index (χ4v) is 17.0. The molecule has 37 nitrogen and oxygen atoms in total. The predicted octanol–water partition coefficient (Wildman–Crippen LogP) is 14.9. The maximum absolute atomic E-state index is 12.5. The molecule has 0 spiro atoms. The van der Waals surface area contributed by atoms with Gasteiger partial charge >= 0.3 is 11.9 Å². The van der Waals surface area contributed by atoms with E-state index in [-0.39, 0.29) is 111 Å². The maximum atomic E-state index is 12.5. The lowest BCUT2D eigenvalue weighted by atomic mass is 9.97. The number of aromatic amines is 1. The molecule has 724 valence electrons. The Morgan fingerprint density at radius 2 is 0.846 bits per heavy atom. The van der Waals surface area contributed by atoms with Gasteiger partial charge in [0.15, 0.2) is 24.8 Å². The number of nitrogens with two attached hydrogens (primary N) is 1. The summed E-state index contributed by atoms with van der Waals surface area (Å²) >= 11 is 6.08. The van der Waals surface area contributed by atoms with Gasteiger partial charge in [-0.05, 0) is 212 Å². The molecule has 0 unspecified atom stereocenters. The fraction of sp³-hybridized carbons (Fsp3) is 0.323. The number of sulfonamides is 3. The van der Waals surface area contributed by atoms with Crippen molar-refractivity contribution in [3.8, 4) is 34.9 Å². The monoisotopic (exact) mass is 1980 g/mol. The number of benzene rings is 6. The largest absolute Gasteiger partial charge is 0.443 e. The van der Waals surface area contributed by atoms with Gasteiger partial charge in [0.2, 0.25) is 82.6 Å². The van der Waals surface area contributed by atoms with E-state index < -0.39 is 40.9 Å². The summed E-state index contributed by atoms with van der Waals surface area (Å²) in [6.45, 7) is 22.4. The van der Waals surface area contributed by atoms with Gasteiger partial charge in [0.05, 0.1) is 45.8 Å². The van der Waals surface area contributed by atoms with E-state index in [9.17, 15) is 49.2 Å². The molecule has 0 saturated carbocycles. The van der Waals surface area contributed by atoms with Crippen LogP contribution in [0.5, 0.6) is 34.9 Å². The molecule has 12 aromatic rings. The molecular formula is C93H114ClN21O16S5. The van der Waals surface area contributed by atoms with Crippen molar-refractivity contribution in [3.63, 3.8) is 0 Å². The molecule has 3 saturated heterocycles. The normalized spacial score (nSPS) is 15.1. The number of carbonyl (C=O) groups excluding carboxylic acids is 5. The summed E-state index contributed by atoms with van der Waals surface area (Å²) in [5.41, 5.74) is 12.9. The van der Waals surface area contributed by atoms with Crippen LogP contribution >= 0.6 is 38.6 Å². The Kier molecular flexibility index (Phi) is 35.1. The van der Waals surface area contributed by atoms with Crippen molar-refractivity contribution >= 4 is 195 Å². The van der Waals surface area contributed by atoms with Gasteiger partial charge in [0, 0.05) is 173 Å². The molecule has 0 bridgehead atoms. The number of nitrogens with one attached hydrogen (secondary N) is 6. The number of hydrogen-bond donors (Lipinski definition) is 7. The molecule has 3 aliphatic heterocycles. The maximum Gasteiger partial charge on any atom is 0.312 e. The molecule has 3 aliphatic rings. The Labute approximate surface area is 809 Å². The molecular weight excluding hydrogens is 1860 g/mol. The lowest BCUT2D eigenvalue weighted by Crippen LogP contribution is -2.36. The lowest BCUT2D eigenvalue weighted by molar-refractivity contribution is -0.157. The van der Waals surface area contributed by atoms with Gasteiger partial charge in [0.25, 0.3) is 0 Å². The summed E-state index contributed by atoms with van der Waals surface area (Å²) < 4.78 is 108. The molecule has 9 heterocycles. The first-order valence-corrected chi connectivity index (χ1v) is 48.6. The third-order valence-corrected chi connectivity index (χ3v) is 25.8. The highest BCUT2D eigenvalue weighted by Gasteiger charge is 2.35. The van der Waals surface area contributed by atoms with Crippen LogP contribution in [-0.2, 0) is 77.0 Å². The molecule has 6 aromatic carbocycles. The Bertz CT molecular complexity index is 6640. The van der Waals surface area contributed by atoms with E-state index in [0.29, 0.717) is 125 Å². The molecule has 3 amide bonds. The van der Waals surface area contributed by atoms with Gasteiger partial charge < -0.3 is 75.7 Å². The van der Waals surface area contributed by atoms with Crippen LogP contribution in [-0.4, -0.2) is 209 Å². The number of aromatic nitrogens is 9. The van der Waals surface area contributed by atoms with Crippen LogP contribution in [0.3, 0.4) is 0 Å². The standard InChI is InChI=1S/C33H41N7O6S.C27H29N7O4S.C21H21ClN4O4.C12H19N3O2S.2H2S/c1-7-28(41)34-23-9-8-10-26(19-23)46-30-27-16-17-39(21-45-31(42)33(2,3)4)29(27)36-32(37-30)35-22-11-13-24(14-12-22)38(5)25-15-18-40(20-25)47(6,43)44;1-4-24(35)29-19-6-5-7-22(16-19)38-26-23-12-14-28-25(23)31-27(32-26)30-18-8-10-20(11-9-18)33(2)21-13-15-34(17-21)39(3,36)37;1-5-16(27)23-13-7-6-8-14(11-13)30-18-15-9-10-26(17(15)24-20(22)25-18)12-29-19(28)21(2,3)4;1-14(11-5-3-10(13)4-6-11)12-7-8-15(9-12)18(2,16)17;;/h8-14,16-17,19,25H,7,15,18,20-21H2,1-6H3,(H,34,41)(H,35,36,37);4-12,14,16,21H,1,13,15,17H2,2-3H3,(H,29,35)(H2,28,30,31,32);5-11H,1,12H2,2-4H3,(H,23,27);3-6,12H,7-9,13H2,1-2H3;2*1H2/t25-;21-;;12-;;/m00.0../s1. The Morgan fingerprint density at radius 3 is 1.21 bits per heavy atom. The molecule has 0 aliphatic carbocycles. The molecule has 0 radical (unpaired) electrons. The zero-order chi connectivity index (χ0) is 96.7. The summed E-state index contributed by atoms with van der Waals surface area (Å²) in [6.07, 6.45) is 14.1. The quantitative estimate of drug-likeness (QED) is 0.00990. The molecule has 8 N–H and O–H groups in total. The first-order chi connectivity index (χ1) is 63.4. The van der Waals surface area contributed by atoms with Gasteiger partial charge in [-0.2, -0.15) is 56.9 Å². The number of rotatable bonds is 29. The van der Waals surface area contributed by atoms with E-state index in [0.717, 1.165) is 53.4 Å². The van der Waals surface area contributed by atoms with E-state index >= 15 is 0 Å². The van der Waals surface area contributed by atoms with Crippen molar-refractivity contribution in [1.29, 1.82) is 0 Å². The second kappa shape index (κ2) is 45.5. The minimum Gasteiger partial charge on any atom is -0.443 e. The number of esters is 2. The second-order valence-corrected chi connectivity index (χ2v) is 40.3. The smallest absolute Gasteiger partial charge is 0.312 e. The summed E-state index contributed by atoms with van der Waals surface area (Å²) in [6, 6.07) is 49.7.